The number of primary amides is 1. The lowest BCUT2D eigenvalue weighted by Crippen LogP contribution is -2.21. The van der Waals surface area contributed by atoms with Gasteiger partial charge in [0.2, 0.25) is 0 Å². The number of amides is 1. The van der Waals surface area contributed by atoms with Crippen molar-refractivity contribution in [1.29, 1.82) is 0 Å². The van der Waals surface area contributed by atoms with Crippen LogP contribution in [0.4, 0.5) is 5.69 Å². The van der Waals surface area contributed by atoms with Gasteiger partial charge < -0.3 is 19.9 Å². The Morgan fingerprint density at radius 3 is 2.35 bits per heavy atom. The van der Waals surface area contributed by atoms with Crippen LogP contribution in [-0.2, 0) is 11.3 Å². The first-order chi connectivity index (χ1) is 12.5. The monoisotopic (exact) mass is 357 g/mol. The van der Waals surface area contributed by atoms with Crippen LogP contribution in [0, 0.1) is 6.92 Å². The first-order valence-electron chi connectivity index (χ1n) is 9.46. The van der Waals surface area contributed by atoms with Crippen molar-refractivity contribution in [3.63, 3.8) is 0 Å². The van der Waals surface area contributed by atoms with Crippen molar-refractivity contribution in [2.24, 2.45) is 5.73 Å². The zero-order chi connectivity index (χ0) is 19.1. The molecule has 0 saturated carbocycles. The highest BCUT2D eigenvalue weighted by Crippen LogP contribution is 2.28. The van der Waals surface area contributed by atoms with Gasteiger partial charge in [0.15, 0.2) is 0 Å². The maximum atomic E-state index is 11.8. The molecule has 142 valence electrons. The fourth-order valence-corrected chi connectivity index (χ4v) is 3.32. The molecule has 0 aliphatic rings. The van der Waals surface area contributed by atoms with Gasteiger partial charge in [-0.25, -0.2) is 0 Å². The zero-order valence-electron chi connectivity index (χ0n) is 16.4. The van der Waals surface area contributed by atoms with Gasteiger partial charge in [-0.3, -0.25) is 4.79 Å². The molecule has 0 aliphatic heterocycles. The molecule has 5 nitrogen and oxygen atoms in total. The van der Waals surface area contributed by atoms with E-state index in [-0.39, 0.29) is 5.91 Å². The van der Waals surface area contributed by atoms with Crippen LogP contribution in [0.5, 0.6) is 0 Å². The minimum absolute atomic E-state index is 0.382. The molecular formula is C21H31N3O2. The molecule has 0 saturated heterocycles. The van der Waals surface area contributed by atoms with E-state index in [9.17, 15) is 4.79 Å². The largest absolute Gasteiger partial charge is 0.382 e. The second-order valence-corrected chi connectivity index (χ2v) is 6.31. The quantitative estimate of drug-likeness (QED) is 0.657. The number of nitrogens with zero attached hydrogens (tertiary/aromatic N) is 2. The SMILES string of the molecule is CCOCCCn1c(-c2ccc(N(CC)CC)cc2)cc(C(N)=O)c1C. The molecule has 1 heterocycles. The van der Waals surface area contributed by atoms with Crippen molar-refractivity contribution in [2.75, 3.05) is 31.2 Å². The van der Waals surface area contributed by atoms with Crippen LogP contribution in [0.25, 0.3) is 11.3 Å². The van der Waals surface area contributed by atoms with E-state index in [0.29, 0.717) is 12.2 Å². The van der Waals surface area contributed by atoms with E-state index >= 15 is 0 Å². The lowest BCUT2D eigenvalue weighted by Gasteiger charge is -2.21. The van der Waals surface area contributed by atoms with Crippen LogP contribution in [0.1, 0.15) is 43.2 Å². The van der Waals surface area contributed by atoms with E-state index in [0.717, 1.165) is 49.6 Å². The minimum Gasteiger partial charge on any atom is -0.382 e. The Kier molecular flexibility index (Phi) is 7.27. The van der Waals surface area contributed by atoms with Crippen LogP contribution in [0.15, 0.2) is 30.3 Å². The van der Waals surface area contributed by atoms with Crippen molar-refractivity contribution in [3.05, 3.63) is 41.6 Å². The van der Waals surface area contributed by atoms with Gasteiger partial charge in [0.25, 0.3) is 5.91 Å². The standard InChI is InChI=1S/C21H31N3O2/c1-5-23(6-2)18-11-9-17(10-12-18)20-15-19(21(22)25)16(4)24(20)13-8-14-26-7-3/h9-12,15H,5-8,13-14H2,1-4H3,(H2,22,25). The molecule has 2 aromatic rings. The molecule has 1 aromatic carbocycles. The normalized spacial score (nSPS) is 10.9. The summed E-state index contributed by atoms with van der Waals surface area (Å²) < 4.78 is 7.62. The van der Waals surface area contributed by atoms with Crippen LogP contribution in [-0.4, -0.2) is 36.8 Å². The maximum absolute atomic E-state index is 11.8. The molecule has 0 atom stereocenters. The van der Waals surface area contributed by atoms with Gasteiger partial charge in [0.1, 0.15) is 0 Å². The van der Waals surface area contributed by atoms with Crippen molar-refractivity contribution in [3.8, 4) is 11.3 Å². The lowest BCUT2D eigenvalue weighted by molar-refractivity contribution is 0.0999. The lowest BCUT2D eigenvalue weighted by atomic mass is 10.1. The highest BCUT2D eigenvalue weighted by molar-refractivity contribution is 5.95. The van der Waals surface area contributed by atoms with Gasteiger partial charge in [-0.1, -0.05) is 12.1 Å². The molecule has 2 rings (SSSR count). The zero-order valence-corrected chi connectivity index (χ0v) is 16.4. The molecular weight excluding hydrogens is 326 g/mol. The fourth-order valence-electron chi connectivity index (χ4n) is 3.32. The molecule has 0 spiro atoms. The number of benzene rings is 1. The first-order valence-corrected chi connectivity index (χ1v) is 9.46. The molecule has 0 radical (unpaired) electrons. The Morgan fingerprint density at radius 2 is 1.81 bits per heavy atom. The smallest absolute Gasteiger partial charge is 0.250 e. The number of carbonyl (C=O) groups excluding carboxylic acids is 1. The van der Waals surface area contributed by atoms with Gasteiger partial charge in [0, 0.05) is 49.9 Å². The average molecular weight is 357 g/mol. The summed E-state index contributed by atoms with van der Waals surface area (Å²) in [6.45, 7) is 12.4. The Hall–Kier alpha value is -2.27. The number of anilines is 1. The third-order valence-electron chi connectivity index (χ3n) is 4.80. The van der Waals surface area contributed by atoms with Gasteiger partial charge in [-0.05, 0) is 57.9 Å². The van der Waals surface area contributed by atoms with Crippen LogP contribution < -0.4 is 10.6 Å². The first kappa shape index (κ1) is 20.0. The summed E-state index contributed by atoms with van der Waals surface area (Å²) in [6.07, 6.45) is 0.895. The molecule has 1 amide bonds. The second-order valence-electron chi connectivity index (χ2n) is 6.31. The number of rotatable bonds is 10. The Balaban J connectivity index is 2.34. The number of hydrogen-bond donors (Lipinski definition) is 1. The number of aromatic nitrogens is 1. The van der Waals surface area contributed by atoms with Crippen LogP contribution >= 0.6 is 0 Å². The van der Waals surface area contributed by atoms with Crippen LogP contribution in [0.2, 0.25) is 0 Å². The predicted octanol–water partition coefficient (Wildman–Crippen LogP) is 3.84. The molecule has 0 bridgehead atoms. The molecule has 2 N–H and O–H groups in total. The van der Waals surface area contributed by atoms with Gasteiger partial charge >= 0.3 is 0 Å². The summed E-state index contributed by atoms with van der Waals surface area (Å²) in [5.41, 5.74) is 10.4. The molecule has 5 heteroatoms. The topological polar surface area (TPSA) is 60.5 Å². The molecule has 0 fully saturated rings. The number of ether oxygens (including phenoxy) is 1. The van der Waals surface area contributed by atoms with Gasteiger partial charge in [-0.2, -0.15) is 0 Å². The summed E-state index contributed by atoms with van der Waals surface area (Å²) in [5.74, 6) is -0.382. The van der Waals surface area contributed by atoms with E-state index in [1.54, 1.807) is 0 Å². The van der Waals surface area contributed by atoms with Crippen molar-refractivity contribution < 1.29 is 9.53 Å². The van der Waals surface area contributed by atoms with Crippen LogP contribution in [0.3, 0.4) is 0 Å². The van der Waals surface area contributed by atoms with E-state index in [1.165, 1.54) is 5.69 Å². The Bertz CT molecular complexity index is 716. The number of nitrogens with two attached hydrogens (primary N) is 1. The van der Waals surface area contributed by atoms with E-state index in [2.05, 4.69) is 47.6 Å². The third kappa shape index (κ3) is 4.47. The highest BCUT2D eigenvalue weighted by Gasteiger charge is 2.16. The maximum Gasteiger partial charge on any atom is 0.250 e. The van der Waals surface area contributed by atoms with E-state index in [1.807, 2.05) is 19.9 Å². The van der Waals surface area contributed by atoms with E-state index < -0.39 is 0 Å². The number of carbonyl (C=O) groups is 1. The Morgan fingerprint density at radius 1 is 1.15 bits per heavy atom. The van der Waals surface area contributed by atoms with Gasteiger partial charge in [-0.15, -0.1) is 0 Å². The molecule has 26 heavy (non-hydrogen) atoms. The Labute approximate surface area is 156 Å². The summed E-state index contributed by atoms with van der Waals surface area (Å²) in [7, 11) is 0. The molecule has 1 aromatic heterocycles. The molecule has 0 aliphatic carbocycles. The van der Waals surface area contributed by atoms with Crippen molar-refractivity contribution >= 4 is 11.6 Å². The van der Waals surface area contributed by atoms with E-state index in [4.69, 9.17) is 10.5 Å². The minimum atomic E-state index is -0.382. The summed E-state index contributed by atoms with van der Waals surface area (Å²) in [6, 6.07) is 10.4. The predicted molar refractivity (Wildman–Crippen MR) is 108 cm³/mol. The summed E-state index contributed by atoms with van der Waals surface area (Å²) >= 11 is 0. The second kappa shape index (κ2) is 9.43. The van der Waals surface area contributed by atoms with Gasteiger partial charge in [0.05, 0.1) is 5.56 Å². The average Bonchev–Trinajstić information content (AvgIpc) is 2.97. The fraction of sp³-hybridized carbons (Fsp3) is 0.476. The van der Waals surface area contributed by atoms with Crippen molar-refractivity contribution in [2.45, 2.75) is 40.7 Å². The third-order valence-corrected chi connectivity index (χ3v) is 4.80. The highest BCUT2D eigenvalue weighted by atomic mass is 16.5. The van der Waals surface area contributed by atoms with Crippen molar-refractivity contribution in [1.82, 2.24) is 4.57 Å². The summed E-state index contributed by atoms with van der Waals surface area (Å²) in [5, 5.41) is 0. The number of hydrogen-bond acceptors (Lipinski definition) is 3. The summed E-state index contributed by atoms with van der Waals surface area (Å²) in [4.78, 5) is 14.1. The molecule has 0 unspecified atom stereocenters.